The molecule has 0 aliphatic carbocycles. The van der Waals surface area contributed by atoms with Gasteiger partial charge in [-0.15, -0.1) is 10.2 Å². The zero-order valence-electron chi connectivity index (χ0n) is 15.5. The van der Waals surface area contributed by atoms with Crippen molar-refractivity contribution in [3.05, 3.63) is 22.7 Å². The second kappa shape index (κ2) is 10.3. The van der Waals surface area contributed by atoms with Crippen LogP contribution in [0.2, 0.25) is 0 Å². The van der Waals surface area contributed by atoms with Gasteiger partial charge in [0.2, 0.25) is 17.7 Å². The van der Waals surface area contributed by atoms with Gasteiger partial charge in [0.05, 0.1) is 0 Å². The molecular formula is C19H29N3O2S. The molecule has 0 saturated heterocycles. The van der Waals surface area contributed by atoms with E-state index in [0.29, 0.717) is 30.7 Å². The first-order chi connectivity index (χ1) is 12.2. The fourth-order valence-electron chi connectivity index (χ4n) is 2.91. The predicted octanol–water partition coefficient (Wildman–Crippen LogP) is 4.94. The molecule has 6 heteroatoms. The van der Waals surface area contributed by atoms with E-state index < -0.39 is 0 Å². The minimum atomic E-state index is 0.187. The lowest BCUT2D eigenvalue weighted by Crippen LogP contribution is -2.39. The minimum Gasteiger partial charge on any atom is -0.421 e. The minimum absolute atomic E-state index is 0.187. The average Bonchev–Trinajstić information content (AvgIpc) is 3.27. The highest BCUT2D eigenvalue weighted by Crippen LogP contribution is 2.21. The molecule has 0 bridgehead atoms. The molecule has 0 aliphatic heterocycles. The van der Waals surface area contributed by atoms with E-state index in [0.717, 1.165) is 44.2 Å². The van der Waals surface area contributed by atoms with E-state index in [1.54, 1.807) is 11.3 Å². The number of carbonyl (C=O) groups is 1. The van der Waals surface area contributed by atoms with Crippen LogP contribution in [0, 0.1) is 0 Å². The number of nitrogens with zero attached hydrogens (tertiary/aromatic N) is 3. The number of thiophene rings is 1. The van der Waals surface area contributed by atoms with Crippen LogP contribution in [0.15, 0.2) is 21.2 Å². The van der Waals surface area contributed by atoms with Crippen LogP contribution in [0.25, 0.3) is 11.5 Å². The van der Waals surface area contributed by atoms with Crippen molar-refractivity contribution in [3.63, 3.8) is 0 Å². The summed E-state index contributed by atoms with van der Waals surface area (Å²) < 4.78 is 5.68. The maximum atomic E-state index is 12.7. The Kier molecular flexibility index (Phi) is 8.12. The van der Waals surface area contributed by atoms with Crippen molar-refractivity contribution in [3.8, 4) is 11.5 Å². The first-order valence-corrected chi connectivity index (χ1v) is 10.2. The molecule has 1 amide bonds. The summed E-state index contributed by atoms with van der Waals surface area (Å²) in [4.78, 5) is 14.7. The third-order valence-electron chi connectivity index (χ3n) is 4.35. The molecule has 1 unspecified atom stereocenters. The largest absolute Gasteiger partial charge is 0.421 e. The Bertz CT molecular complexity index is 624. The molecule has 2 heterocycles. The van der Waals surface area contributed by atoms with Gasteiger partial charge in [-0.25, -0.2) is 0 Å². The van der Waals surface area contributed by atoms with Crippen LogP contribution in [-0.4, -0.2) is 33.6 Å². The summed E-state index contributed by atoms with van der Waals surface area (Å²) in [6.07, 6.45) is 6.45. The summed E-state index contributed by atoms with van der Waals surface area (Å²) >= 11 is 1.59. The lowest BCUT2D eigenvalue weighted by molar-refractivity contribution is -0.133. The first kappa shape index (κ1) is 19.6. The summed E-state index contributed by atoms with van der Waals surface area (Å²) in [5.41, 5.74) is 0.938. The van der Waals surface area contributed by atoms with Gasteiger partial charge in [-0.1, -0.05) is 33.1 Å². The predicted molar refractivity (Wildman–Crippen MR) is 102 cm³/mol. The number of unbranched alkanes of at least 4 members (excludes halogenated alkanes) is 2. The van der Waals surface area contributed by atoms with E-state index in [2.05, 4.69) is 31.0 Å². The number of aryl methyl sites for hydroxylation is 1. The zero-order valence-corrected chi connectivity index (χ0v) is 16.3. The fraction of sp³-hybridized carbons (Fsp3) is 0.632. The highest BCUT2D eigenvalue weighted by molar-refractivity contribution is 7.08. The molecule has 5 nitrogen and oxygen atoms in total. The quantitative estimate of drug-likeness (QED) is 0.531. The van der Waals surface area contributed by atoms with Crippen molar-refractivity contribution < 1.29 is 9.21 Å². The van der Waals surface area contributed by atoms with Crippen molar-refractivity contribution in [1.82, 2.24) is 15.1 Å². The van der Waals surface area contributed by atoms with Gasteiger partial charge in [0.15, 0.2) is 0 Å². The van der Waals surface area contributed by atoms with Gasteiger partial charge in [-0.3, -0.25) is 4.79 Å². The molecule has 25 heavy (non-hydrogen) atoms. The highest BCUT2D eigenvalue weighted by Gasteiger charge is 2.20. The lowest BCUT2D eigenvalue weighted by Gasteiger charge is -2.29. The van der Waals surface area contributed by atoms with Gasteiger partial charge in [-0.05, 0) is 31.2 Å². The standard InChI is InChI=1S/C19H29N3O2S/c1-4-6-7-12-22(15(3)8-5-2)18(23)10-9-17-20-21-19(24-17)16-11-13-25-14-16/h11,13-15H,4-10,12H2,1-3H3. The topological polar surface area (TPSA) is 59.2 Å². The third-order valence-corrected chi connectivity index (χ3v) is 5.03. The molecule has 138 valence electrons. The second-order valence-corrected chi connectivity index (χ2v) is 7.22. The van der Waals surface area contributed by atoms with E-state index in [9.17, 15) is 4.79 Å². The SMILES string of the molecule is CCCCCN(C(=O)CCc1nnc(-c2ccsc2)o1)C(C)CCC. The maximum absolute atomic E-state index is 12.7. The smallest absolute Gasteiger partial charge is 0.248 e. The van der Waals surface area contributed by atoms with E-state index in [1.165, 1.54) is 0 Å². The summed E-state index contributed by atoms with van der Waals surface area (Å²) in [7, 11) is 0. The van der Waals surface area contributed by atoms with E-state index >= 15 is 0 Å². The Morgan fingerprint density at radius 1 is 1.28 bits per heavy atom. The molecule has 0 radical (unpaired) electrons. The Labute approximate surface area is 154 Å². The molecule has 1 atom stereocenters. The molecule has 0 spiro atoms. The number of hydrogen-bond acceptors (Lipinski definition) is 5. The summed E-state index contributed by atoms with van der Waals surface area (Å²) in [5, 5.41) is 12.1. The van der Waals surface area contributed by atoms with Crippen LogP contribution in [0.3, 0.4) is 0 Å². The number of aromatic nitrogens is 2. The van der Waals surface area contributed by atoms with Gasteiger partial charge in [0.25, 0.3) is 0 Å². The third kappa shape index (κ3) is 5.96. The van der Waals surface area contributed by atoms with Gasteiger partial charge < -0.3 is 9.32 Å². The average molecular weight is 364 g/mol. The first-order valence-electron chi connectivity index (χ1n) is 9.30. The van der Waals surface area contributed by atoms with Crippen molar-refractivity contribution in [2.24, 2.45) is 0 Å². The molecule has 2 aromatic heterocycles. The van der Waals surface area contributed by atoms with Crippen LogP contribution < -0.4 is 0 Å². The molecule has 2 aromatic rings. The van der Waals surface area contributed by atoms with Gasteiger partial charge in [0, 0.05) is 36.4 Å². The van der Waals surface area contributed by atoms with Crippen molar-refractivity contribution in [2.75, 3.05) is 6.54 Å². The van der Waals surface area contributed by atoms with Crippen LogP contribution in [0.5, 0.6) is 0 Å². The van der Waals surface area contributed by atoms with Crippen molar-refractivity contribution >= 4 is 17.2 Å². The molecule has 2 rings (SSSR count). The van der Waals surface area contributed by atoms with E-state index in [1.807, 2.05) is 21.7 Å². The van der Waals surface area contributed by atoms with Crippen molar-refractivity contribution in [1.29, 1.82) is 0 Å². The molecule has 0 N–H and O–H groups in total. The van der Waals surface area contributed by atoms with Crippen LogP contribution in [0.4, 0.5) is 0 Å². The number of amides is 1. The summed E-state index contributed by atoms with van der Waals surface area (Å²) in [6, 6.07) is 2.24. The number of carbonyl (C=O) groups excluding carboxylic acids is 1. The number of rotatable bonds is 11. The van der Waals surface area contributed by atoms with Gasteiger partial charge >= 0.3 is 0 Å². The van der Waals surface area contributed by atoms with E-state index in [4.69, 9.17) is 4.42 Å². The lowest BCUT2D eigenvalue weighted by atomic mass is 10.1. The molecular weight excluding hydrogens is 334 g/mol. The number of hydrogen-bond donors (Lipinski definition) is 0. The molecule has 0 aliphatic rings. The molecule has 0 aromatic carbocycles. The monoisotopic (exact) mass is 363 g/mol. The van der Waals surface area contributed by atoms with Crippen LogP contribution in [-0.2, 0) is 11.2 Å². The normalized spacial score (nSPS) is 12.3. The Morgan fingerprint density at radius 2 is 2.12 bits per heavy atom. The zero-order chi connectivity index (χ0) is 18.1. The van der Waals surface area contributed by atoms with Crippen LogP contribution >= 0.6 is 11.3 Å². The van der Waals surface area contributed by atoms with E-state index in [-0.39, 0.29) is 5.91 Å². The Balaban J connectivity index is 1.90. The van der Waals surface area contributed by atoms with Gasteiger partial charge in [-0.2, -0.15) is 11.3 Å². The fourth-order valence-corrected chi connectivity index (χ4v) is 3.54. The Morgan fingerprint density at radius 3 is 2.80 bits per heavy atom. The van der Waals surface area contributed by atoms with Crippen molar-refractivity contribution in [2.45, 2.75) is 71.8 Å². The molecule has 0 saturated carbocycles. The van der Waals surface area contributed by atoms with Crippen LogP contribution in [0.1, 0.15) is 65.2 Å². The second-order valence-electron chi connectivity index (χ2n) is 6.44. The molecule has 0 fully saturated rings. The highest BCUT2D eigenvalue weighted by atomic mass is 32.1. The summed E-state index contributed by atoms with van der Waals surface area (Å²) in [5.74, 6) is 1.25. The summed E-state index contributed by atoms with van der Waals surface area (Å²) in [6.45, 7) is 7.34. The maximum Gasteiger partial charge on any atom is 0.248 e. The Hall–Kier alpha value is -1.69. The van der Waals surface area contributed by atoms with Gasteiger partial charge in [0.1, 0.15) is 0 Å².